The summed E-state index contributed by atoms with van der Waals surface area (Å²) < 4.78 is 6.31. The third-order valence-electron chi connectivity index (χ3n) is 2.25. The summed E-state index contributed by atoms with van der Waals surface area (Å²) in [7, 11) is 0. The quantitative estimate of drug-likeness (QED) is 0.896. The van der Waals surface area contributed by atoms with Crippen molar-refractivity contribution in [3.63, 3.8) is 0 Å². The van der Waals surface area contributed by atoms with E-state index in [1.165, 1.54) is 6.07 Å². The van der Waals surface area contributed by atoms with Crippen LogP contribution in [0.3, 0.4) is 0 Å². The van der Waals surface area contributed by atoms with Gasteiger partial charge in [-0.25, -0.2) is 4.79 Å². The first-order valence-electron chi connectivity index (χ1n) is 5.04. The molecule has 0 spiro atoms. The number of carboxylic acids is 1. The Hall–Kier alpha value is -1.52. The van der Waals surface area contributed by atoms with E-state index in [0.29, 0.717) is 5.75 Å². The van der Waals surface area contributed by atoms with Crippen LogP contribution in [0.2, 0.25) is 5.02 Å². The number of aromatic carboxylic acids is 1. The Morgan fingerprint density at radius 2 is 1.78 bits per heavy atom. The molecule has 0 bridgehead atoms. The van der Waals surface area contributed by atoms with E-state index >= 15 is 0 Å². The van der Waals surface area contributed by atoms with Crippen LogP contribution in [0.1, 0.15) is 10.4 Å². The fourth-order valence-electron chi connectivity index (χ4n) is 1.44. The molecule has 0 aromatic heterocycles. The van der Waals surface area contributed by atoms with Gasteiger partial charge in [0, 0.05) is 0 Å². The molecule has 2 aromatic carbocycles. The van der Waals surface area contributed by atoms with Crippen molar-refractivity contribution in [2.75, 3.05) is 0 Å². The van der Waals surface area contributed by atoms with Gasteiger partial charge in [-0.15, -0.1) is 0 Å². The van der Waals surface area contributed by atoms with Crippen LogP contribution in [0, 0.1) is 0 Å². The van der Waals surface area contributed by atoms with Crippen molar-refractivity contribution in [3.8, 4) is 11.5 Å². The molecular formula is C13H8BrClO3. The number of rotatable bonds is 3. The Labute approximate surface area is 117 Å². The van der Waals surface area contributed by atoms with E-state index in [1.54, 1.807) is 30.3 Å². The molecule has 0 amide bonds. The molecule has 92 valence electrons. The van der Waals surface area contributed by atoms with Crippen molar-refractivity contribution in [2.24, 2.45) is 0 Å². The second kappa shape index (κ2) is 5.42. The summed E-state index contributed by atoms with van der Waals surface area (Å²) in [5.74, 6) is -0.383. The van der Waals surface area contributed by atoms with Gasteiger partial charge in [-0.1, -0.05) is 29.8 Å². The van der Waals surface area contributed by atoms with E-state index in [2.05, 4.69) is 15.9 Å². The van der Waals surface area contributed by atoms with Crippen molar-refractivity contribution in [3.05, 3.63) is 57.5 Å². The van der Waals surface area contributed by atoms with Gasteiger partial charge in [0.05, 0.1) is 9.50 Å². The van der Waals surface area contributed by atoms with E-state index in [9.17, 15) is 4.79 Å². The van der Waals surface area contributed by atoms with Gasteiger partial charge in [0.25, 0.3) is 0 Å². The van der Waals surface area contributed by atoms with Crippen molar-refractivity contribution >= 4 is 33.5 Å². The van der Waals surface area contributed by atoms with Crippen LogP contribution in [0.4, 0.5) is 0 Å². The predicted molar refractivity (Wildman–Crippen MR) is 72.6 cm³/mol. The monoisotopic (exact) mass is 326 g/mol. The summed E-state index contributed by atoms with van der Waals surface area (Å²) in [6.07, 6.45) is 0. The Kier molecular flexibility index (Phi) is 3.89. The molecule has 0 aliphatic rings. The van der Waals surface area contributed by atoms with Crippen LogP contribution in [-0.2, 0) is 0 Å². The molecule has 2 rings (SSSR count). The molecule has 0 aliphatic heterocycles. The first-order valence-corrected chi connectivity index (χ1v) is 6.21. The van der Waals surface area contributed by atoms with Crippen molar-refractivity contribution in [2.45, 2.75) is 0 Å². The average molecular weight is 328 g/mol. The van der Waals surface area contributed by atoms with Gasteiger partial charge in [0.2, 0.25) is 0 Å². The van der Waals surface area contributed by atoms with Gasteiger partial charge in [-0.05, 0) is 40.2 Å². The van der Waals surface area contributed by atoms with Crippen molar-refractivity contribution < 1.29 is 14.6 Å². The lowest BCUT2D eigenvalue weighted by atomic mass is 10.2. The number of ether oxygens (including phenoxy) is 1. The predicted octanol–water partition coefficient (Wildman–Crippen LogP) is 4.59. The fourth-order valence-corrected chi connectivity index (χ4v) is 2.06. The summed E-state index contributed by atoms with van der Waals surface area (Å²) in [6.45, 7) is 0. The molecule has 0 fully saturated rings. The molecule has 1 N–H and O–H groups in total. The lowest BCUT2D eigenvalue weighted by molar-refractivity contribution is 0.0694. The molecule has 18 heavy (non-hydrogen) atoms. The highest BCUT2D eigenvalue weighted by molar-refractivity contribution is 9.10. The topological polar surface area (TPSA) is 46.5 Å². The lowest BCUT2D eigenvalue weighted by Gasteiger charge is -2.10. The van der Waals surface area contributed by atoms with Gasteiger partial charge in [0.1, 0.15) is 17.1 Å². The van der Waals surface area contributed by atoms with Gasteiger partial charge in [-0.3, -0.25) is 0 Å². The van der Waals surface area contributed by atoms with E-state index in [1.807, 2.05) is 6.07 Å². The van der Waals surface area contributed by atoms with Gasteiger partial charge in [-0.2, -0.15) is 0 Å². The van der Waals surface area contributed by atoms with Crippen LogP contribution >= 0.6 is 27.5 Å². The second-order valence-corrected chi connectivity index (χ2v) is 4.71. The van der Waals surface area contributed by atoms with Crippen LogP contribution in [0.5, 0.6) is 11.5 Å². The Bertz CT molecular complexity index is 599. The van der Waals surface area contributed by atoms with Crippen molar-refractivity contribution in [1.29, 1.82) is 0 Å². The molecule has 0 saturated heterocycles. The molecule has 0 radical (unpaired) electrons. The van der Waals surface area contributed by atoms with Crippen LogP contribution in [0.15, 0.2) is 46.9 Å². The molecule has 0 atom stereocenters. The first-order chi connectivity index (χ1) is 8.59. The summed E-state index contributed by atoms with van der Waals surface area (Å²) in [5.41, 5.74) is -0.0464. The maximum absolute atomic E-state index is 11.1. The maximum atomic E-state index is 11.1. The molecule has 0 unspecified atom stereocenters. The third-order valence-corrected chi connectivity index (χ3v) is 3.22. The van der Waals surface area contributed by atoms with Crippen LogP contribution in [-0.4, -0.2) is 11.1 Å². The SMILES string of the molecule is O=C(O)c1c(Cl)cccc1Oc1ccccc1Br. The number of para-hydroxylation sites is 1. The zero-order chi connectivity index (χ0) is 13.1. The molecular weight excluding hydrogens is 319 g/mol. The van der Waals surface area contributed by atoms with Crippen LogP contribution < -0.4 is 4.74 Å². The lowest BCUT2D eigenvalue weighted by Crippen LogP contribution is -2.01. The van der Waals surface area contributed by atoms with E-state index in [-0.39, 0.29) is 16.3 Å². The van der Waals surface area contributed by atoms with Gasteiger partial charge < -0.3 is 9.84 Å². The van der Waals surface area contributed by atoms with E-state index in [4.69, 9.17) is 21.4 Å². The van der Waals surface area contributed by atoms with Crippen LogP contribution in [0.25, 0.3) is 0 Å². The van der Waals surface area contributed by atoms with Gasteiger partial charge >= 0.3 is 5.97 Å². The zero-order valence-corrected chi connectivity index (χ0v) is 11.4. The number of hydrogen-bond donors (Lipinski definition) is 1. The Balaban J connectivity index is 2.44. The number of halogens is 2. The Morgan fingerprint density at radius 1 is 1.11 bits per heavy atom. The summed E-state index contributed by atoms with van der Waals surface area (Å²) in [5, 5.41) is 9.26. The highest BCUT2D eigenvalue weighted by Gasteiger charge is 2.16. The summed E-state index contributed by atoms with van der Waals surface area (Å²) in [4.78, 5) is 11.1. The minimum absolute atomic E-state index is 0.0464. The smallest absolute Gasteiger partial charge is 0.341 e. The molecule has 0 aliphatic carbocycles. The highest BCUT2D eigenvalue weighted by atomic mass is 79.9. The minimum Gasteiger partial charge on any atom is -0.478 e. The second-order valence-electron chi connectivity index (χ2n) is 3.45. The summed E-state index contributed by atoms with van der Waals surface area (Å²) >= 11 is 9.19. The fraction of sp³-hybridized carbons (Fsp3) is 0. The standard InChI is InChI=1S/C13H8BrClO3/c14-8-4-1-2-6-10(8)18-11-7-3-5-9(15)12(11)13(16)17/h1-7H,(H,16,17). The Morgan fingerprint density at radius 3 is 2.44 bits per heavy atom. The number of carbonyl (C=O) groups is 1. The minimum atomic E-state index is -1.12. The molecule has 3 nitrogen and oxygen atoms in total. The number of hydrogen-bond acceptors (Lipinski definition) is 2. The average Bonchev–Trinajstić information content (AvgIpc) is 2.31. The van der Waals surface area contributed by atoms with Crippen molar-refractivity contribution in [1.82, 2.24) is 0 Å². The maximum Gasteiger partial charge on any atom is 0.341 e. The largest absolute Gasteiger partial charge is 0.478 e. The first kappa shape index (κ1) is 12.9. The molecule has 0 heterocycles. The number of carboxylic acid groups (broad SMARTS) is 1. The zero-order valence-electron chi connectivity index (χ0n) is 9.06. The van der Waals surface area contributed by atoms with E-state index in [0.717, 1.165) is 4.47 Å². The highest BCUT2D eigenvalue weighted by Crippen LogP contribution is 2.33. The third kappa shape index (κ3) is 2.66. The molecule has 2 aromatic rings. The normalized spacial score (nSPS) is 10.1. The number of benzene rings is 2. The van der Waals surface area contributed by atoms with Gasteiger partial charge in [0.15, 0.2) is 0 Å². The summed E-state index contributed by atoms with van der Waals surface area (Å²) in [6, 6.07) is 11.9. The molecule has 0 saturated carbocycles. The molecule has 5 heteroatoms. The van der Waals surface area contributed by atoms with E-state index < -0.39 is 5.97 Å².